The number of aromatic nitrogens is 2. The second-order valence-corrected chi connectivity index (χ2v) is 9.63. The zero-order chi connectivity index (χ0) is 22.0. The number of amidine groups is 1. The molecular formula is C17H26N10O2S2. The molecule has 0 aliphatic carbocycles. The van der Waals surface area contributed by atoms with Gasteiger partial charge >= 0.3 is 0 Å². The van der Waals surface area contributed by atoms with Gasteiger partial charge in [-0.05, 0) is 37.0 Å². The number of anilines is 1. The molecule has 0 spiro atoms. The molecule has 1 aromatic carbocycles. The van der Waals surface area contributed by atoms with Crippen molar-refractivity contribution in [3.8, 4) is 0 Å². The second-order valence-electron chi connectivity index (χ2n) is 7.30. The Hall–Kier alpha value is -2.36. The Labute approximate surface area is 184 Å². The number of nitrogens with one attached hydrogen (secondary N) is 3. The van der Waals surface area contributed by atoms with E-state index in [-0.39, 0.29) is 16.8 Å². The summed E-state index contributed by atoms with van der Waals surface area (Å²) in [4.78, 5) is 6.82. The molecule has 0 saturated carbocycles. The summed E-state index contributed by atoms with van der Waals surface area (Å²) in [6.45, 7) is 3.31. The highest BCUT2D eigenvalue weighted by molar-refractivity contribution is 7.98. The van der Waals surface area contributed by atoms with Gasteiger partial charge in [0.1, 0.15) is 5.82 Å². The molecule has 0 amide bonds. The Morgan fingerprint density at radius 1 is 1.35 bits per heavy atom. The predicted octanol–water partition coefficient (Wildman–Crippen LogP) is -1.41. The minimum Gasteiger partial charge on any atom is -0.382 e. The number of hydrazone groups is 1. The van der Waals surface area contributed by atoms with Crippen LogP contribution in [0.3, 0.4) is 0 Å². The fraction of sp³-hybridized carbons (Fsp3) is 0.412. The molecule has 1 aromatic heterocycles. The minimum absolute atomic E-state index is 0.0407. The average molecular weight is 467 g/mol. The summed E-state index contributed by atoms with van der Waals surface area (Å²) >= 11 is 0.815. The standard InChI is InChI=1S/C17H26N10O2S2/c18-17(23-25-19)15-12(27-8-7-26-6-5-22-14(26)10-27)1-2-13(16(15)30-20)31(28,29)24-11-3-4-21-9-11/h1-2,5-6,11,21,24-25H,3-4,7-10,19-20H2,(H2,18,23)/t11-/m1/s1. The van der Waals surface area contributed by atoms with Gasteiger partial charge in [-0.2, -0.15) is 0 Å². The van der Waals surface area contributed by atoms with Gasteiger partial charge in [0.25, 0.3) is 0 Å². The second kappa shape index (κ2) is 9.02. The van der Waals surface area contributed by atoms with Gasteiger partial charge < -0.3 is 20.5 Å². The van der Waals surface area contributed by atoms with Crippen molar-refractivity contribution in [2.24, 2.45) is 21.8 Å². The molecule has 168 valence electrons. The van der Waals surface area contributed by atoms with Crippen LogP contribution >= 0.6 is 11.9 Å². The Morgan fingerprint density at radius 3 is 2.90 bits per heavy atom. The van der Waals surface area contributed by atoms with Crippen LogP contribution in [0.1, 0.15) is 17.8 Å². The van der Waals surface area contributed by atoms with Crippen molar-refractivity contribution in [2.75, 3.05) is 24.5 Å². The van der Waals surface area contributed by atoms with Crippen LogP contribution < -0.4 is 37.2 Å². The van der Waals surface area contributed by atoms with Gasteiger partial charge in [0, 0.05) is 43.8 Å². The van der Waals surface area contributed by atoms with Gasteiger partial charge in [0.05, 0.1) is 21.9 Å². The first kappa shape index (κ1) is 21.9. The SMILES string of the molecule is NN/N=C(\N)c1c(N2CCn3ccnc3C2)ccc(S(=O)(=O)N[C@@H]2CCNC2)c1SN. The van der Waals surface area contributed by atoms with Gasteiger partial charge in [-0.1, -0.05) is 0 Å². The van der Waals surface area contributed by atoms with Crippen LogP contribution in [0.25, 0.3) is 0 Å². The molecule has 14 heteroatoms. The first-order valence-electron chi connectivity index (χ1n) is 9.75. The van der Waals surface area contributed by atoms with Crippen molar-refractivity contribution in [3.05, 3.63) is 35.9 Å². The largest absolute Gasteiger partial charge is 0.382 e. The monoisotopic (exact) mass is 466 g/mol. The van der Waals surface area contributed by atoms with E-state index >= 15 is 0 Å². The maximum Gasteiger partial charge on any atom is 0.242 e. The lowest BCUT2D eigenvalue weighted by molar-refractivity contribution is 0.555. The number of hydrogen-bond acceptors (Lipinski definition) is 10. The van der Waals surface area contributed by atoms with Gasteiger partial charge in [0.15, 0.2) is 5.84 Å². The molecule has 0 bridgehead atoms. The normalized spacial score (nSPS) is 19.5. The molecule has 0 radical (unpaired) electrons. The number of imidazole rings is 1. The number of nitrogens with two attached hydrogens (primary N) is 3. The summed E-state index contributed by atoms with van der Waals surface area (Å²) < 4.78 is 31.1. The molecule has 2 aliphatic heterocycles. The Balaban J connectivity index is 1.79. The summed E-state index contributed by atoms with van der Waals surface area (Å²) in [5.41, 5.74) is 9.51. The highest BCUT2D eigenvalue weighted by atomic mass is 32.2. The maximum atomic E-state index is 13.2. The Kier molecular flexibility index (Phi) is 6.36. The van der Waals surface area contributed by atoms with Crippen molar-refractivity contribution in [1.29, 1.82) is 0 Å². The topological polar surface area (TPSA) is 182 Å². The van der Waals surface area contributed by atoms with E-state index in [1.165, 1.54) is 0 Å². The number of hydrazine groups is 1. The first-order valence-corrected chi connectivity index (χ1v) is 12.1. The number of nitrogens with zero attached hydrogens (tertiary/aromatic N) is 4. The van der Waals surface area contributed by atoms with E-state index in [0.717, 1.165) is 37.3 Å². The van der Waals surface area contributed by atoms with Crippen molar-refractivity contribution in [2.45, 2.75) is 35.3 Å². The summed E-state index contributed by atoms with van der Waals surface area (Å²) in [6.07, 6.45) is 4.41. The maximum absolute atomic E-state index is 13.2. The van der Waals surface area contributed by atoms with Crippen molar-refractivity contribution in [3.63, 3.8) is 0 Å². The smallest absolute Gasteiger partial charge is 0.242 e. The van der Waals surface area contributed by atoms with Gasteiger partial charge in [-0.25, -0.2) is 29.5 Å². The Bertz CT molecular complexity index is 1080. The lowest BCUT2D eigenvalue weighted by Crippen LogP contribution is -2.38. The number of benzene rings is 1. The van der Waals surface area contributed by atoms with Crippen LogP contribution in [0.4, 0.5) is 5.69 Å². The minimum atomic E-state index is -3.83. The van der Waals surface area contributed by atoms with Crippen LogP contribution in [-0.4, -0.2) is 49.5 Å². The van der Waals surface area contributed by atoms with Crippen LogP contribution in [0.5, 0.6) is 0 Å². The van der Waals surface area contributed by atoms with Crippen LogP contribution in [0.15, 0.2) is 39.4 Å². The number of sulfonamides is 1. The quantitative estimate of drug-likeness (QED) is 0.0932. The van der Waals surface area contributed by atoms with E-state index in [2.05, 4.69) is 35.1 Å². The van der Waals surface area contributed by atoms with Gasteiger partial charge in [-0.15, -0.1) is 5.10 Å². The molecule has 1 fully saturated rings. The lowest BCUT2D eigenvalue weighted by atomic mass is 10.1. The van der Waals surface area contributed by atoms with E-state index in [4.69, 9.17) is 16.7 Å². The lowest BCUT2D eigenvalue weighted by Gasteiger charge is -2.32. The zero-order valence-electron chi connectivity index (χ0n) is 16.8. The van der Waals surface area contributed by atoms with Gasteiger partial charge in [0.2, 0.25) is 10.0 Å². The molecule has 3 heterocycles. The Morgan fingerprint density at radius 2 is 2.19 bits per heavy atom. The molecule has 2 aromatic rings. The van der Waals surface area contributed by atoms with E-state index in [0.29, 0.717) is 35.8 Å². The highest BCUT2D eigenvalue weighted by Gasteiger charge is 2.30. The average Bonchev–Trinajstić information content (AvgIpc) is 3.43. The van der Waals surface area contributed by atoms with E-state index in [1.54, 1.807) is 18.3 Å². The van der Waals surface area contributed by atoms with Crippen molar-refractivity contribution >= 4 is 33.5 Å². The van der Waals surface area contributed by atoms with E-state index in [9.17, 15) is 8.42 Å². The summed E-state index contributed by atoms with van der Waals surface area (Å²) in [6, 6.07) is 3.11. The van der Waals surface area contributed by atoms with Crippen molar-refractivity contribution in [1.82, 2.24) is 25.1 Å². The van der Waals surface area contributed by atoms with E-state index in [1.807, 2.05) is 6.20 Å². The molecule has 2 aliphatic rings. The molecule has 9 N–H and O–H groups in total. The van der Waals surface area contributed by atoms with Crippen molar-refractivity contribution < 1.29 is 8.42 Å². The molecule has 4 rings (SSSR count). The molecule has 1 atom stereocenters. The molecule has 12 nitrogen and oxygen atoms in total. The zero-order valence-corrected chi connectivity index (χ0v) is 18.4. The third-order valence-electron chi connectivity index (χ3n) is 5.42. The summed E-state index contributed by atoms with van der Waals surface area (Å²) in [7, 11) is -3.83. The van der Waals surface area contributed by atoms with Crippen LogP contribution in [0, 0.1) is 0 Å². The highest BCUT2D eigenvalue weighted by Crippen LogP contribution is 2.35. The molecule has 0 unspecified atom stereocenters. The van der Waals surface area contributed by atoms with Crippen LogP contribution in [0.2, 0.25) is 0 Å². The van der Waals surface area contributed by atoms with Gasteiger partial charge in [-0.3, -0.25) is 5.14 Å². The number of fused-ring (bicyclic) bond motifs is 1. The molecule has 31 heavy (non-hydrogen) atoms. The number of hydrogen-bond donors (Lipinski definition) is 6. The fourth-order valence-corrected chi connectivity index (χ4v) is 6.28. The first-order chi connectivity index (χ1) is 14.9. The molecule has 1 saturated heterocycles. The predicted molar refractivity (Wildman–Crippen MR) is 119 cm³/mol. The summed E-state index contributed by atoms with van der Waals surface area (Å²) in [5, 5.41) is 13.0. The van der Waals surface area contributed by atoms with E-state index < -0.39 is 10.0 Å². The molecular weight excluding hydrogens is 440 g/mol. The third-order valence-corrected chi connectivity index (χ3v) is 7.77. The number of rotatable bonds is 7. The third kappa shape index (κ3) is 4.35. The summed E-state index contributed by atoms with van der Waals surface area (Å²) in [5.74, 6) is 6.29. The fourth-order valence-electron chi connectivity index (χ4n) is 3.94. The van der Waals surface area contributed by atoms with Crippen LogP contribution in [-0.2, 0) is 23.1 Å².